The Morgan fingerprint density at radius 3 is 2.40 bits per heavy atom. The Bertz CT molecular complexity index is 76.8. The van der Waals surface area contributed by atoms with E-state index in [1.54, 1.807) is 0 Å². The molecule has 0 aliphatic heterocycles. The van der Waals surface area contributed by atoms with Gasteiger partial charge in [0, 0.05) is 6.61 Å². The first-order chi connectivity index (χ1) is 4.93. The highest BCUT2D eigenvalue weighted by Crippen LogP contribution is 2.30. The van der Waals surface area contributed by atoms with Crippen LogP contribution >= 0.6 is 0 Å². The lowest BCUT2D eigenvalue weighted by Gasteiger charge is -2.24. The second-order valence-electron chi connectivity index (χ2n) is 3.37. The van der Waals surface area contributed by atoms with E-state index in [1.165, 1.54) is 38.5 Å². The van der Waals surface area contributed by atoms with Crippen LogP contribution in [-0.2, 0) is 0 Å². The minimum atomic E-state index is 0.380. The Balaban J connectivity index is 1.76. The summed E-state index contributed by atoms with van der Waals surface area (Å²) in [5, 5.41) is 8.50. The third kappa shape index (κ3) is 2.70. The first-order valence-electron chi connectivity index (χ1n) is 4.54. The lowest BCUT2D eigenvalue weighted by Crippen LogP contribution is -2.10. The molecule has 0 aromatic rings. The first kappa shape index (κ1) is 8.06. The second-order valence-corrected chi connectivity index (χ2v) is 3.37. The Kier molecular flexibility index (Phi) is 3.81. The zero-order valence-corrected chi connectivity index (χ0v) is 6.68. The minimum absolute atomic E-state index is 0.380. The van der Waals surface area contributed by atoms with Gasteiger partial charge in [-0.05, 0) is 12.3 Å². The largest absolute Gasteiger partial charge is 0.396 e. The Hall–Kier alpha value is -0.0400. The van der Waals surface area contributed by atoms with Crippen molar-refractivity contribution in [2.75, 3.05) is 6.61 Å². The highest BCUT2D eigenvalue weighted by Gasteiger charge is 2.15. The summed E-state index contributed by atoms with van der Waals surface area (Å²) < 4.78 is 0. The summed E-state index contributed by atoms with van der Waals surface area (Å²) in [6, 6.07) is 0. The molecule has 0 unspecified atom stereocenters. The summed E-state index contributed by atoms with van der Waals surface area (Å²) >= 11 is 0. The van der Waals surface area contributed by atoms with Crippen LogP contribution in [0.15, 0.2) is 0 Å². The van der Waals surface area contributed by atoms with Crippen LogP contribution in [0.4, 0.5) is 0 Å². The third-order valence-electron chi connectivity index (χ3n) is 2.50. The number of aliphatic hydroxyl groups is 1. The van der Waals surface area contributed by atoms with Crippen molar-refractivity contribution in [1.29, 1.82) is 0 Å². The molecule has 0 amide bonds. The van der Waals surface area contributed by atoms with Crippen LogP contribution in [0, 0.1) is 5.92 Å². The van der Waals surface area contributed by atoms with Crippen LogP contribution in [0.1, 0.15) is 44.9 Å². The number of hydrogen-bond donors (Lipinski definition) is 1. The van der Waals surface area contributed by atoms with Crippen LogP contribution in [0.25, 0.3) is 0 Å². The number of rotatable bonds is 5. The van der Waals surface area contributed by atoms with Crippen molar-refractivity contribution in [3.05, 3.63) is 0 Å². The molecule has 0 spiro atoms. The zero-order valence-electron chi connectivity index (χ0n) is 6.68. The van der Waals surface area contributed by atoms with E-state index in [1.807, 2.05) is 0 Å². The normalized spacial score (nSPS) is 18.9. The average Bonchev–Trinajstić information content (AvgIpc) is 1.84. The molecule has 1 heteroatoms. The fourth-order valence-corrected chi connectivity index (χ4v) is 1.50. The number of unbranched alkanes of at least 4 members (excludes halogenated alkanes) is 2. The molecule has 1 fully saturated rings. The van der Waals surface area contributed by atoms with E-state index in [0.29, 0.717) is 6.61 Å². The summed E-state index contributed by atoms with van der Waals surface area (Å²) in [4.78, 5) is 0. The standard InChI is InChI=1S/C9H18O/c10-8-3-1-2-5-9-6-4-7-9/h9-10H,1-8H2. The second kappa shape index (κ2) is 4.73. The van der Waals surface area contributed by atoms with Gasteiger partial charge in [-0.15, -0.1) is 0 Å². The van der Waals surface area contributed by atoms with E-state index < -0.39 is 0 Å². The molecule has 1 aliphatic carbocycles. The highest BCUT2D eigenvalue weighted by molar-refractivity contribution is 4.68. The molecule has 0 radical (unpaired) electrons. The maximum atomic E-state index is 8.50. The molecule has 0 bridgehead atoms. The number of aliphatic hydroxyl groups excluding tert-OH is 1. The summed E-state index contributed by atoms with van der Waals surface area (Å²) in [6.07, 6.45) is 9.40. The Labute approximate surface area is 63.4 Å². The molecular weight excluding hydrogens is 124 g/mol. The molecule has 60 valence electrons. The molecule has 10 heavy (non-hydrogen) atoms. The quantitative estimate of drug-likeness (QED) is 0.584. The molecule has 1 rings (SSSR count). The maximum Gasteiger partial charge on any atom is 0.0431 e. The van der Waals surface area contributed by atoms with Gasteiger partial charge in [0.1, 0.15) is 0 Å². The molecule has 0 heterocycles. The molecule has 1 N–H and O–H groups in total. The van der Waals surface area contributed by atoms with Gasteiger partial charge in [-0.2, -0.15) is 0 Å². The summed E-state index contributed by atoms with van der Waals surface area (Å²) in [5.74, 6) is 1.05. The summed E-state index contributed by atoms with van der Waals surface area (Å²) in [7, 11) is 0. The fraction of sp³-hybridized carbons (Fsp3) is 1.00. The molecule has 0 atom stereocenters. The highest BCUT2D eigenvalue weighted by atomic mass is 16.2. The third-order valence-corrected chi connectivity index (χ3v) is 2.50. The van der Waals surface area contributed by atoms with E-state index in [9.17, 15) is 0 Å². The molecule has 1 aliphatic rings. The van der Waals surface area contributed by atoms with Gasteiger partial charge in [0.05, 0.1) is 0 Å². The van der Waals surface area contributed by atoms with Crippen molar-refractivity contribution < 1.29 is 5.11 Å². The van der Waals surface area contributed by atoms with Gasteiger partial charge < -0.3 is 5.11 Å². The van der Waals surface area contributed by atoms with Crippen LogP contribution in [0.5, 0.6) is 0 Å². The predicted molar refractivity (Wildman–Crippen MR) is 42.9 cm³/mol. The smallest absolute Gasteiger partial charge is 0.0431 e. The van der Waals surface area contributed by atoms with Crippen LogP contribution in [0.2, 0.25) is 0 Å². The topological polar surface area (TPSA) is 20.2 Å². The van der Waals surface area contributed by atoms with Gasteiger partial charge in [-0.25, -0.2) is 0 Å². The Morgan fingerprint density at radius 1 is 1.10 bits per heavy atom. The number of hydrogen-bond acceptors (Lipinski definition) is 1. The van der Waals surface area contributed by atoms with Crippen molar-refractivity contribution in [3.63, 3.8) is 0 Å². The van der Waals surface area contributed by atoms with Crippen LogP contribution < -0.4 is 0 Å². The van der Waals surface area contributed by atoms with Gasteiger partial charge >= 0.3 is 0 Å². The zero-order chi connectivity index (χ0) is 7.23. The summed E-state index contributed by atoms with van der Waals surface area (Å²) in [6.45, 7) is 0.380. The van der Waals surface area contributed by atoms with Crippen LogP contribution in [-0.4, -0.2) is 11.7 Å². The van der Waals surface area contributed by atoms with Crippen molar-refractivity contribution in [1.82, 2.24) is 0 Å². The lowest BCUT2D eigenvalue weighted by molar-refractivity contribution is 0.263. The predicted octanol–water partition coefficient (Wildman–Crippen LogP) is 2.34. The van der Waals surface area contributed by atoms with E-state index >= 15 is 0 Å². The van der Waals surface area contributed by atoms with Crippen molar-refractivity contribution in [2.45, 2.75) is 44.9 Å². The molecule has 1 saturated carbocycles. The van der Waals surface area contributed by atoms with E-state index in [0.717, 1.165) is 12.3 Å². The van der Waals surface area contributed by atoms with Gasteiger partial charge in [0.2, 0.25) is 0 Å². The fourth-order valence-electron chi connectivity index (χ4n) is 1.50. The monoisotopic (exact) mass is 142 g/mol. The van der Waals surface area contributed by atoms with E-state index in [4.69, 9.17) is 5.11 Å². The molecule has 0 saturated heterocycles. The molecule has 0 aromatic heterocycles. The van der Waals surface area contributed by atoms with Crippen LogP contribution in [0.3, 0.4) is 0 Å². The molecule has 0 aromatic carbocycles. The molecule has 1 nitrogen and oxygen atoms in total. The van der Waals surface area contributed by atoms with Gasteiger partial charge in [0.15, 0.2) is 0 Å². The van der Waals surface area contributed by atoms with Gasteiger partial charge in [-0.1, -0.05) is 38.5 Å². The van der Waals surface area contributed by atoms with Crippen molar-refractivity contribution >= 4 is 0 Å². The van der Waals surface area contributed by atoms with Gasteiger partial charge in [0.25, 0.3) is 0 Å². The first-order valence-corrected chi connectivity index (χ1v) is 4.54. The summed E-state index contributed by atoms with van der Waals surface area (Å²) in [5.41, 5.74) is 0. The van der Waals surface area contributed by atoms with E-state index in [2.05, 4.69) is 0 Å². The SMILES string of the molecule is OCCCCCC1CCC1. The minimum Gasteiger partial charge on any atom is -0.396 e. The maximum absolute atomic E-state index is 8.50. The lowest BCUT2D eigenvalue weighted by atomic mass is 9.82. The van der Waals surface area contributed by atoms with Gasteiger partial charge in [-0.3, -0.25) is 0 Å². The van der Waals surface area contributed by atoms with E-state index in [-0.39, 0.29) is 0 Å². The van der Waals surface area contributed by atoms with Crippen molar-refractivity contribution in [2.24, 2.45) is 5.92 Å². The molecular formula is C9H18O. The average molecular weight is 142 g/mol. The Morgan fingerprint density at radius 2 is 1.90 bits per heavy atom. The van der Waals surface area contributed by atoms with Crippen molar-refractivity contribution in [3.8, 4) is 0 Å².